The Kier molecular flexibility index (Phi) is 4.71. The Bertz CT molecular complexity index is 557. The van der Waals surface area contributed by atoms with Crippen molar-refractivity contribution in [2.75, 3.05) is 18.9 Å². The van der Waals surface area contributed by atoms with Crippen molar-refractivity contribution < 1.29 is 30.1 Å². The van der Waals surface area contributed by atoms with Crippen LogP contribution in [0.5, 0.6) is 0 Å². The Hall–Kier alpha value is -1.33. The maximum absolute atomic E-state index is 11.4. The van der Waals surface area contributed by atoms with Crippen LogP contribution in [-0.4, -0.2) is 37.8 Å². The quantitative estimate of drug-likeness (QED) is 0.364. The number of nitrogen functional groups attached to an aromatic ring is 1. The molecule has 8 nitrogen and oxygen atoms in total. The van der Waals surface area contributed by atoms with Crippen molar-refractivity contribution in [2.45, 2.75) is 6.73 Å². The normalized spacial score (nSPS) is 10.4. The van der Waals surface area contributed by atoms with E-state index >= 15 is 0 Å². The predicted octanol–water partition coefficient (Wildman–Crippen LogP) is -4.22. The van der Waals surface area contributed by atoms with Crippen molar-refractivity contribution in [3.05, 3.63) is 16.7 Å². The van der Waals surface area contributed by atoms with Crippen LogP contribution in [0.2, 0.25) is 0 Å². The first-order valence-electron chi connectivity index (χ1n) is 4.61. The molecule has 0 aliphatic carbocycles. The van der Waals surface area contributed by atoms with Gasteiger partial charge in [-0.2, -0.15) is 4.98 Å². The summed E-state index contributed by atoms with van der Waals surface area (Å²) in [5.74, 6) is 0.0291. The standard InChI is InChI=1S/C8H11N5O3.Li.H/c9-8-11-6-5(7(15)12-8)10-3-13(6)4-16-2-1-14;;/h3,14H,1-2,4H2,(H3,9,11,12,15);;/q;+1;-1. The molecule has 0 aromatic carbocycles. The van der Waals surface area contributed by atoms with Gasteiger partial charge >= 0.3 is 18.9 Å². The SMILES string of the molecule is Nc1nc2c(ncn2COCCO)c(=O)[nH]1.[H-].[Li+]. The number of hydrogen-bond acceptors (Lipinski definition) is 6. The molecule has 17 heavy (non-hydrogen) atoms. The molecule has 0 spiro atoms. The van der Waals surface area contributed by atoms with Crippen LogP contribution in [0.25, 0.3) is 11.2 Å². The second-order valence-electron chi connectivity index (χ2n) is 3.10. The third-order valence-electron chi connectivity index (χ3n) is 1.96. The summed E-state index contributed by atoms with van der Waals surface area (Å²) >= 11 is 0. The smallest absolute Gasteiger partial charge is 1.00 e. The van der Waals surface area contributed by atoms with Gasteiger partial charge in [0.2, 0.25) is 5.95 Å². The van der Waals surface area contributed by atoms with Gasteiger partial charge in [0.15, 0.2) is 11.2 Å². The summed E-state index contributed by atoms with van der Waals surface area (Å²) in [6, 6.07) is 0. The number of hydrogen-bond donors (Lipinski definition) is 3. The van der Waals surface area contributed by atoms with Crippen LogP contribution in [0.3, 0.4) is 0 Å². The molecule has 2 rings (SSSR count). The van der Waals surface area contributed by atoms with E-state index in [1.165, 1.54) is 10.9 Å². The molecular weight excluding hydrogens is 221 g/mol. The van der Waals surface area contributed by atoms with E-state index in [0.29, 0.717) is 5.65 Å². The molecule has 2 heterocycles. The topological polar surface area (TPSA) is 119 Å². The average molecular weight is 233 g/mol. The molecule has 0 saturated heterocycles. The summed E-state index contributed by atoms with van der Waals surface area (Å²) in [4.78, 5) is 21.6. The molecule has 0 fully saturated rings. The first-order chi connectivity index (χ1) is 7.72. The molecule has 0 radical (unpaired) electrons. The van der Waals surface area contributed by atoms with Gasteiger partial charge in [0, 0.05) is 0 Å². The van der Waals surface area contributed by atoms with Gasteiger partial charge in [-0.3, -0.25) is 14.3 Å². The van der Waals surface area contributed by atoms with Gasteiger partial charge in [-0.15, -0.1) is 0 Å². The first kappa shape index (κ1) is 13.7. The van der Waals surface area contributed by atoms with Gasteiger partial charge < -0.3 is 17.0 Å². The number of aliphatic hydroxyl groups excluding tert-OH is 1. The van der Waals surface area contributed by atoms with Gasteiger partial charge in [-0.25, -0.2) is 4.98 Å². The molecule has 9 heteroatoms. The third-order valence-corrected chi connectivity index (χ3v) is 1.96. The number of aromatic nitrogens is 4. The van der Waals surface area contributed by atoms with Gasteiger partial charge in [0.05, 0.1) is 19.5 Å². The van der Waals surface area contributed by atoms with Crippen molar-refractivity contribution in [1.29, 1.82) is 0 Å². The molecule has 0 bridgehead atoms. The summed E-state index contributed by atoms with van der Waals surface area (Å²) in [6.07, 6.45) is 1.43. The van der Waals surface area contributed by atoms with E-state index < -0.39 is 0 Å². The Morgan fingerprint density at radius 2 is 2.41 bits per heavy atom. The fourth-order valence-electron chi connectivity index (χ4n) is 1.29. The van der Waals surface area contributed by atoms with Gasteiger partial charge in [0.25, 0.3) is 5.56 Å². The molecule has 2 aromatic rings. The van der Waals surface area contributed by atoms with Crippen molar-refractivity contribution in [3.63, 3.8) is 0 Å². The van der Waals surface area contributed by atoms with Gasteiger partial charge in [0.1, 0.15) is 6.73 Å². The zero-order chi connectivity index (χ0) is 11.5. The van der Waals surface area contributed by atoms with E-state index in [1.54, 1.807) is 0 Å². The number of anilines is 1. The Morgan fingerprint density at radius 1 is 1.65 bits per heavy atom. The van der Waals surface area contributed by atoms with Crippen LogP contribution < -0.4 is 30.2 Å². The van der Waals surface area contributed by atoms with Gasteiger partial charge in [-0.1, -0.05) is 0 Å². The summed E-state index contributed by atoms with van der Waals surface area (Å²) < 4.78 is 6.63. The van der Waals surface area contributed by atoms with E-state index in [0.717, 1.165) is 0 Å². The predicted molar refractivity (Wildman–Crippen MR) is 56.7 cm³/mol. The number of aliphatic hydroxyl groups is 1. The molecule has 0 aliphatic heterocycles. The molecule has 0 unspecified atom stereocenters. The minimum absolute atomic E-state index is 0. The largest absolute Gasteiger partial charge is 1.00 e. The van der Waals surface area contributed by atoms with Crippen molar-refractivity contribution in [2.24, 2.45) is 0 Å². The van der Waals surface area contributed by atoms with Crippen LogP contribution in [0.4, 0.5) is 5.95 Å². The number of ether oxygens (including phenoxy) is 1. The minimum Gasteiger partial charge on any atom is -1.00 e. The van der Waals surface area contributed by atoms with Crippen LogP contribution >= 0.6 is 0 Å². The van der Waals surface area contributed by atoms with Crippen molar-refractivity contribution in [1.82, 2.24) is 19.5 Å². The number of fused-ring (bicyclic) bond motifs is 1. The second kappa shape index (κ2) is 5.84. The van der Waals surface area contributed by atoms with Crippen LogP contribution in [0, 0.1) is 0 Å². The first-order valence-corrected chi connectivity index (χ1v) is 4.61. The maximum atomic E-state index is 11.4. The molecule has 88 valence electrons. The van der Waals surface area contributed by atoms with Gasteiger partial charge in [-0.05, 0) is 0 Å². The summed E-state index contributed by atoms with van der Waals surface area (Å²) in [5, 5.41) is 8.56. The number of nitrogens with zero attached hydrogens (tertiary/aromatic N) is 3. The number of H-pyrrole nitrogens is 1. The minimum atomic E-state index is -0.386. The molecule has 0 saturated carbocycles. The van der Waals surface area contributed by atoms with E-state index in [1.807, 2.05) is 0 Å². The Morgan fingerprint density at radius 3 is 3.12 bits per heavy atom. The number of nitrogens with one attached hydrogen (secondary N) is 1. The van der Waals surface area contributed by atoms with Crippen molar-refractivity contribution in [3.8, 4) is 0 Å². The Labute approximate surface area is 109 Å². The fraction of sp³-hybridized carbons (Fsp3) is 0.375. The summed E-state index contributed by atoms with van der Waals surface area (Å²) in [7, 11) is 0. The van der Waals surface area contributed by atoms with Crippen LogP contribution in [0.1, 0.15) is 1.43 Å². The number of nitrogens with two attached hydrogens (primary N) is 1. The zero-order valence-corrected chi connectivity index (χ0v) is 9.38. The molecule has 2 aromatic heterocycles. The fourth-order valence-corrected chi connectivity index (χ4v) is 1.29. The van der Waals surface area contributed by atoms with E-state index in [2.05, 4.69) is 15.0 Å². The Balaban J connectivity index is 0.00000144. The van der Waals surface area contributed by atoms with E-state index in [9.17, 15) is 4.79 Å². The maximum Gasteiger partial charge on any atom is 1.00 e. The molecular formula is C8H12LiN5O3. The molecule has 4 N–H and O–H groups in total. The molecule has 0 aliphatic rings. The summed E-state index contributed by atoms with van der Waals surface area (Å²) in [6.45, 7) is 0.300. The summed E-state index contributed by atoms with van der Waals surface area (Å²) in [5.41, 5.74) is 5.60. The van der Waals surface area contributed by atoms with Crippen molar-refractivity contribution >= 4 is 17.1 Å². The zero-order valence-electron chi connectivity index (χ0n) is 10.4. The average Bonchev–Trinajstić information content (AvgIpc) is 2.62. The monoisotopic (exact) mass is 233 g/mol. The third kappa shape index (κ3) is 2.86. The number of rotatable bonds is 4. The number of imidazole rings is 1. The van der Waals surface area contributed by atoms with E-state index in [4.69, 9.17) is 15.6 Å². The van der Waals surface area contributed by atoms with Crippen LogP contribution in [-0.2, 0) is 11.5 Å². The number of aromatic amines is 1. The van der Waals surface area contributed by atoms with E-state index in [-0.39, 0.29) is 57.3 Å². The van der Waals surface area contributed by atoms with Crippen LogP contribution in [0.15, 0.2) is 11.1 Å². The molecule has 0 amide bonds. The second-order valence-corrected chi connectivity index (χ2v) is 3.10. The molecule has 0 atom stereocenters.